The molecule has 0 bridgehead atoms. The summed E-state index contributed by atoms with van der Waals surface area (Å²) in [7, 11) is 0. The summed E-state index contributed by atoms with van der Waals surface area (Å²) in [5.41, 5.74) is 17.4. The summed E-state index contributed by atoms with van der Waals surface area (Å²) in [6.45, 7) is 12.0. The Morgan fingerprint density at radius 3 is 1.78 bits per heavy atom. The van der Waals surface area contributed by atoms with Gasteiger partial charge >= 0.3 is 0 Å². The van der Waals surface area contributed by atoms with Crippen LogP contribution in [0.15, 0.2) is 182 Å². The maximum atomic E-state index is 2.61. The fourth-order valence-electron chi connectivity index (χ4n) is 11.7. The van der Waals surface area contributed by atoms with Gasteiger partial charge in [-0.1, -0.05) is 185 Å². The van der Waals surface area contributed by atoms with Gasteiger partial charge in [0, 0.05) is 33.8 Å². The van der Waals surface area contributed by atoms with Crippen LogP contribution in [0.1, 0.15) is 73.6 Å². The molecular weight excluding hydrogens is 761 g/mol. The molecule has 0 N–H and O–H groups in total. The summed E-state index contributed by atoms with van der Waals surface area (Å²) in [6.07, 6.45) is 18.3. The molecule has 2 heteroatoms. The molecule has 63 heavy (non-hydrogen) atoms. The lowest BCUT2D eigenvalue weighted by Gasteiger charge is -2.57. The molecule has 2 aliphatic carbocycles. The molecule has 8 aromatic rings. The second kappa shape index (κ2) is 13.7. The zero-order chi connectivity index (χ0) is 42.7. The number of allylic oxidation sites excluding steroid dienone is 2. The standard InChI is InChI=1S/C61H50N2/c1-59(2)53-37-41(24-32-50(53)51-34-30-47(39-54(51)59)63-57-19-11-8-16-52(57)60(3,4)58-20-12-13-35-61(58,63)5)22-21-40-23-31-48-44(36-40)27-28-45-38-46(29-33-49(45)48)62-55-17-9-6-14-42(55)25-26-43-15-7-10-18-56(43)62/h6-39,58H,1-5H3. The molecule has 0 spiro atoms. The van der Waals surface area contributed by atoms with Gasteiger partial charge in [-0.3, -0.25) is 0 Å². The Morgan fingerprint density at radius 1 is 0.476 bits per heavy atom. The smallest absolute Gasteiger partial charge is 0.0679 e. The minimum atomic E-state index is -0.195. The first-order chi connectivity index (χ1) is 30.6. The normalized spacial score (nSPS) is 19.7. The molecule has 2 aliphatic heterocycles. The molecule has 4 aliphatic rings. The van der Waals surface area contributed by atoms with Crippen LogP contribution >= 0.6 is 0 Å². The molecule has 0 saturated heterocycles. The Hall–Kier alpha value is -7.16. The zero-order valence-electron chi connectivity index (χ0n) is 36.6. The van der Waals surface area contributed by atoms with Crippen LogP contribution < -0.4 is 9.80 Å². The summed E-state index contributed by atoms with van der Waals surface area (Å²) < 4.78 is 0. The van der Waals surface area contributed by atoms with Gasteiger partial charge in [-0.25, -0.2) is 0 Å². The van der Waals surface area contributed by atoms with Crippen molar-refractivity contribution in [3.8, 4) is 11.1 Å². The zero-order valence-corrected chi connectivity index (χ0v) is 36.6. The van der Waals surface area contributed by atoms with E-state index in [0.29, 0.717) is 5.92 Å². The summed E-state index contributed by atoms with van der Waals surface area (Å²) >= 11 is 0. The lowest BCUT2D eigenvalue weighted by molar-refractivity contribution is 0.260. The number of rotatable bonds is 4. The molecule has 2 atom stereocenters. The average Bonchev–Trinajstić information content (AvgIpc) is 3.40. The highest BCUT2D eigenvalue weighted by molar-refractivity contribution is 6.09. The van der Waals surface area contributed by atoms with E-state index in [4.69, 9.17) is 0 Å². The Bertz CT molecular complexity index is 3290. The first-order valence-corrected chi connectivity index (χ1v) is 22.5. The highest BCUT2D eigenvalue weighted by atomic mass is 15.2. The maximum absolute atomic E-state index is 2.61. The van der Waals surface area contributed by atoms with Crippen molar-refractivity contribution in [2.24, 2.45) is 5.92 Å². The molecule has 2 unspecified atom stereocenters. The van der Waals surface area contributed by atoms with E-state index in [-0.39, 0.29) is 16.4 Å². The quantitative estimate of drug-likeness (QED) is 0.129. The van der Waals surface area contributed by atoms with E-state index in [1.165, 1.54) is 94.4 Å². The third kappa shape index (κ3) is 5.64. The molecule has 0 fully saturated rings. The van der Waals surface area contributed by atoms with E-state index in [2.05, 4.69) is 251 Å². The number of anilines is 5. The predicted molar refractivity (Wildman–Crippen MR) is 270 cm³/mol. The molecule has 2 nitrogen and oxygen atoms in total. The van der Waals surface area contributed by atoms with Gasteiger partial charge in [-0.05, 0) is 127 Å². The summed E-state index contributed by atoms with van der Waals surface area (Å²) in [6, 6.07) is 59.0. The topological polar surface area (TPSA) is 6.48 Å². The molecule has 12 rings (SSSR count). The van der Waals surface area contributed by atoms with Crippen LogP contribution in [0.5, 0.6) is 0 Å². The van der Waals surface area contributed by atoms with Gasteiger partial charge in [0.25, 0.3) is 0 Å². The van der Waals surface area contributed by atoms with Crippen molar-refractivity contribution in [3.05, 3.63) is 221 Å². The minimum Gasteiger partial charge on any atom is -0.331 e. The number of fused-ring (bicyclic) bond motifs is 10. The lowest BCUT2D eigenvalue weighted by Crippen LogP contribution is -2.58. The lowest BCUT2D eigenvalue weighted by atomic mass is 9.60. The van der Waals surface area contributed by atoms with Crippen molar-refractivity contribution < 1.29 is 0 Å². The molecule has 8 aromatic carbocycles. The summed E-state index contributed by atoms with van der Waals surface area (Å²) in [5, 5.41) is 5.01. The van der Waals surface area contributed by atoms with Gasteiger partial charge in [0.2, 0.25) is 0 Å². The first kappa shape index (κ1) is 37.6. The monoisotopic (exact) mass is 810 g/mol. The van der Waals surface area contributed by atoms with Gasteiger partial charge in [0.05, 0.1) is 16.9 Å². The van der Waals surface area contributed by atoms with Gasteiger partial charge in [-0.2, -0.15) is 0 Å². The third-order valence-corrected chi connectivity index (χ3v) is 14.9. The molecule has 0 amide bonds. The van der Waals surface area contributed by atoms with Crippen LogP contribution in [0.25, 0.3) is 57.0 Å². The van der Waals surface area contributed by atoms with Gasteiger partial charge < -0.3 is 9.80 Å². The molecular formula is C61H50N2. The van der Waals surface area contributed by atoms with Gasteiger partial charge in [-0.15, -0.1) is 0 Å². The number of hydrogen-bond donors (Lipinski definition) is 0. The van der Waals surface area contributed by atoms with Crippen molar-refractivity contribution in [1.82, 2.24) is 0 Å². The summed E-state index contributed by atoms with van der Waals surface area (Å²) in [5.74, 6) is 0.332. The minimum absolute atomic E-state index is 0.00147. The van der Waals surface area contributed by atoms with Crippen LogP contribution in [0.3, 0.4) is 0 Å². The molecule has 304 valence electrons. The van der Waals surface area contributed by atoms with Crippen LogP contribution in [-0.4, -0.2) is 5.54 Å². The van der Waals surface area contributed by atoms with E-state index in [1.807, 2.05) is 0 Å². The molecule has 0 aromatic heterocycles. The third-order valence-electron chi connectivity index (χ3n) is 14.9. The van der Waals surface area contributed by atoms with E-state index in [1.54, 1.807) is 0 Å². The number of benzene rings is 8. The second-order valence-corrected chi connectivity index (χ2v) is 19.3. The Labute approximate surface area is 371 Å². The molecule has 0 saturated carbocycles. The molecule has 2 heterocycles. The number of hydrogen-bond acceptors (Lipinski definition) is 2. The highest BCUT2D eigenvalue weighted by Gasteiger charge is 2.52. The largest absolute Gasteiger partial charge is 0.331 e. The maximum Gasteiger partial charge on any atom is 0.0679 e. The van der Waals surface area contributed by atoms with Crippen molar-refractivity contribution in [3.63, 3.8) is 0 Å². The fraction of sp³-hybridized carbons (Fsp3) is 0.148. The van der Waals surface area contributed by atoms with Crippen LogP contribution in [0.2, 0.25) is 0 Å². The van der Waals surface area contributed by atoms with E-state index in [0.717, 1.165) is 5.69 Å². The second-order valence-electron chi connectivity index (χ2n) is 19.3. The van der Waals surface area contributed by atoms with Crippen LogP contribution in [0.4, 0.5) is 28.4 Å². The van der Waals surface area contributed by atoms with Crippen molar-refractivity contribution in [1.29, 1.82) is 0 Å². The summed E-state index contributed by atoms with van der Waals surface area (Å²) in [4.78, 5) is 5.01. The Kier molecular flexibility index (Phi) is 8.16. The van der Waals surface area contributed by atoms with Crippen molar-refractivity contribution >= 4 is 74.3 Å². The predicted octanol–water partition coefficient (Wildman–Crippen LogP) is 16.4. The Morgan fingerprint density at radius 2 is 1.05 bits per heavy atom. The van der Waals surface area contributed by atoms with E-state index in [9.17, 15) is 0 Å². The van der Waals surface area contributed by atoms with E-state index >= 15 is 0 Å². The first-order valence-electron chi connectivity index (χ1n) is 22.5. The van der Waals surface area contributed by atoms with Gasteiger partial charge in [0.15, 0.2) is 0 Å². The van der Waals surface area contributed by atoms with E-state index < -0.39 is 0 Å². The van der Waals surface area contributed by atoms with Crippen molar-refractivity contribution in [2.75, 3.05) is 9.80 Å². The van der Waals surface area contributed by atoms with Crippen molar-refractivity contribution in [2.45, 2.75) is 51.0 Å². The SMILES string of the molecule is CC1(C)c2cc(C=Cc3ccc4c(ccc5cc(N6c7ccccc7C=Cc7ccccc76)ccc54)c3)ccc2-c2ccc(N3c4ccccc4C(C)(C)C4C=CC=CC43C)cc21. The Balaban J connectivity index is 0.845. The van der Waals surface area contributed by atoms with Crippen LogP contribution in [-0.2, 0) is 10.8 Å². The number of para-hydroxylation sites is 3. The van der Waals surface area contributed by atoms with Gasteiger partial charge in [0.1, 0.15) is 0 Å². The average molecular weight is 811 g/mol. The molecule has 0 radical (unpaired) electrons. The highest BCUT2D eigenvalue weighted by Crippen LogP contribution is 2.57. The fourth-order valence-corrected chi connectivity index (χ4v) is 11.7. The number of nitrogens with zero attached hydrogens (tertiary/aromatic N) is 2. The van der Waals surface area contributed by atoms with Crippen LogP contribution in [0, 0.1) is 5.92 Å².